The molecule has 0 bridgehead atoms. The normalized spacial score (nSPS) is 16.8. The lowest BCUT2D eigenvalue weighted by atomic mass is 10.1. The Bertz CT molecular complexity index is 387. The van der Waals surface area contributed by atoms with E-state index in [-0.39, 0.29) is 12.6 Å². The number of carboxylic acids is 1. The third-order valence-electron chi connectivity index (χ3n) is 3.53. The minimum absolute atomic E-state index is 0.157. The number of nitrogens with zero attached hydrogens (tertiary/aromatic N) is 1. The molecule has 1 N–H and O–H groups in total. The van der Waals surface area contributed by atoms with Crippen molar-refractivity contribution in [2.24, 2.45) is 5.92 Å². The molecule has 98 valence electrons. The number of hydrogen-bond acceptors (Lipinski definition) is 2. The van der Waals surface area contributed by atoms with Crippen LogP contribution in [0.25, 0.3) is 0 Å². The van der Waals surface area contributed by atoms with Gasteiger partial charge in [-0.25, -0.2) is 0 Å². The van der Waals surface area contributed by atoms with Crippen LogP contribution in [0.4, 0.5) is 0 Å². The summed E-state index contributed by atoms with van der Waals surface area (Å²) in [5, 5.41) is 8.99. The van der Waals surface area contributed by atoms with Gasteiger partial charge in [0.05, 0.1) is 6.54 Å². The van der Waals surface area contributed by atoms with Gasteiger partial charge in [-0.1, -0.05) is 30.3 Å². The Kier molecular flexibility index (Phi) is 4.37. The molecule has 0 aliphatic heterocycles. The molecule has 0 aromatic heterocycles. The molecule has 18 heavy (non-hydrogen) atoms. The van der Waals surface area contributed by atoms with Crippen LogP contribution >= 0.6 is 0 Å². The number of benzene rings is 1. The van der Waals surface area contributed by atoms with E-state index in [9.17, 15) is 4.79 Å². The smallest absolute Gasteiger partial charge is 0.317 e. The van der Waals surface area contributed by atoms with Gasteiger partial charge >= 0.3 is 5.97 Å². The van der Waals surface area contributed by atoms with E-state index in [0.717, 1.165) is 18.9 Å². The second-order valence-corrected chi connectivity index (χ2v) is 5.31. The number of carboxylic acid groups (broad SMARTS) is 1. The van der Waals surface area contributed by atoms with Gasteiger partial charge in [-0.15, -0.1) is 0 Å². The third kappa shape index (κ3) is 4.15. The maximum Gasteiger partial charge on any atom is 0.317 e. The summed E-state index contributed by atoms with van der Waals surface area (Å²) in [6, 6.07) is 10.6. The monoisotopic (exact) mass is 247 g/mol. The van der Waals surface area contributed by atoms with Crippen molar-refractivity contribution in [2.75, 3.05) is 13.1 Å². The average molecular weight is 247 g/mol. The van der Waals surface area contributed by atoms with Crippen LogP contribution in [0, 0.1) is 5.92 Å². The van der Waals surface area contributed by atoms with Gasteiger partial charge in [-0.2, -0.15) is 0 Å². The molecule has 1 atom stereocenters. The molecule has 1 aliphatic carbocycles. The van der Waals surface area contributed by atoms with Crippen molar-refractivity contribution in [1.29, 1.82) is 0 Å². The van der Waals surface area contributed by atoms with E-state index in [0.29, 0.717) is 0 Å². The van der Waals surface area contributed by atoms with Crippen molar-refractivity contribution in [3.05, 3.63) is 35.9 Å². The lowest BCUT2D eigenvalue weighted by Gasteiger charge is -2.27. The van der Waals surface area contributed by atoms with E-state index in [2.05, 4.69) is 24.0 Å². The van der Waals surface area contributed by atoms with Crippen molar-refractivity contribution in [3.8, 4) is 0 Å². The Hall–Kier alpha value is -1.35. The molecule has 0 spiro atoms. The Morgan fingerprint density at radius 3 is 2.61 bits per heavy atom. The average Bonchev–Trinajstić information content (AvgIpc) is 3.13. The summed E-state index contributed by atoms with van der Waals surface area (Å²) in [5.74, 6) is -0.00173. The predicted molar refractivity (Wildman–Crippen MR) is 71.5 cm³/mol. The van der Waals surface area contributed by atoms with E-state index >= 15 is 0 Å². The molecule has 3 nitrogen and oxygen atoms in total. The topological polar surface area (TPSA) is 40.5 Å². The second kappa shape index (κ2) is 6.01. The Labute approximate surface area is 108 Å². The van der Waals surface area contributed by atoms with Crippen LogP contribution in [-0.2, 0) is 11.2 Å². The molecule has 1 aliphatic rings. The summed E-state index contributed by atoms with van der Waals surface area (Å²) in [5.41, 5.74) is 1.27. The standard InChI is InChI=1S/C15H21NO2/c1-12(9-13-5-3-2-4-6-13)16(11-15(17)18)10-14-7-8-14/h2-6,12,14H,7-11H2,1H3,(H,17,18). The molecule has 3 heteroatoms. The molecular formula is C15H21NO2. The van der Waals surface area contributed by atoms with Gasteiger partial charge < -0.3 is 5.11 Å². The van der Waals surface area contributed by atoms with Gasteiger partial charge in [0.2, 0.25) is 0 Å². The highest BCUT2D eigenvalue weighted by Gasteiger charge is 2.27. The quantitative estimate of drug-likeness (QED) is 0.804. The van der Waals surface area contributed by atoms with Crippen molar-refractivity contribution in [3.63, 3.8) is 0 Å². The van der Waals surface area contributed by atoms with Crippen LogP contribution in [0.1, 0.15) is 25.3 Å². The summed E-state index contributed by atoms with van der Waals surface area (Å²) in [4.78, 5) is 13.0. The highest BCUT2D eigenvalue weighted by Crippen LogP contribution is 2.30. The lowest BCUT2D eigenvalue weighted by Crippen LogP contribution is -2.40. The molecule has 1 saturated carbocycles. The summed E-state index contributed by atoms with van der Waals surface area (Å²) in [7, 11) is 0. The molecular weight excluding hydrogens is 226 g/mol. The predicted octanol–water partition coefficient (Wildman–Crippen LogP) is 2.41. The van der Waals surface area contributed by atoms with Crippen LogP contribution in [0.5, 0.6) is 0 Å². The van der Waals surface area contributed by atoms with Crippen LogP contribution in [0.15, 0.2) is 30.3 Å². The first-order valence-corrected chi connectivity index (χ1v) is 6.65. The molecule has 1 aromatic carbocycles. The van der Waals surface area contributed by atoms with Crippen LogP contribution < -0.4 is 0 Å². The number of aliphatic carboxylic acids is 1. The van der Waals surface area contributed by atoms with E-state index in [1.807, 2.05) is 18.2 Å². The molecule has 1 fully saturated rings. The largest absolute Gasteiger partial charge is 0.480 e. The zero-order valence-corrected chi connectivity index (χ0v) is 10.9. The maximum absolute atomic E-state index is 10.9. The fraction of sp³-hybridized carbons (Fsp3) is 0.533. The van der Waals surface area contributed by atoms with Gasteiger partial charge in [0.25, 0.3) is 0 Å². The van der Waals surface area contributed by atoms with Gasteiger partial charge in [-0.05, 0) is 37.7 Å². The molecule has 0 heterocycles. The molecule has 0 radical (unpaired) electrons. The fourth-order valence-electron chi connectivity index (χ4n) is 2.29. The minimum Gasteiger partial charge on any atom is -0.480 e. The van der Waals surface area contributed by atoms with Crippen LogP contribution in [-0.4, -0.2) is 35.1 Å². The lowest BCUT2D eigenvalue weighted by molar-refractivity contribution is -0.138. The minimum atomic E-state index is -0.726. The SMILES string of the molecule is CC(Cc1ccccc1)N(CC(=O)O)CC1CC1. The van der Waals surface area contributed by atoms with Gasteiger partial charge in [0.1, 0.15) is 0 Å². The number of hydrogen-bond donors (Lipinski definition) is 1. The second-order valence-electron chi connectivity index (χ2n) is 5.31. The van der Waals surface area contributed by atoms with E-state index in [1.54, 1.807) is 0 Å². The summed E-state index contributed by atoms with van der Waals surface area (Å²) in [6.07, 6.45) is 3.43. The van der Waals surface area contributed by atoms with Crippen molar-refractivity contribution in [2.45, 2.75) is 32.2 Å². The van der Waals surface area contributed by atoms with Crippen LogP contribution in [0.3, 0.4) is 0 Å². The highest BCUT2D eigenvalue weighted by atomic mass is 16.4. The Morgan fingerprint density at radius 2 is 2.06 bits per heavy atom. The van der Waals surface area contributed by atoms with E-state index in [1.165, 1.54) is 18.4 Å². The number of carbonyl (C=O) groups is 1. The van der Waals surface area contributed by atoms with E-state index < -0.39 is 5.97 Å². The van der Waals surface area contributed by atoms with Gasteiger partial charge in [0.15, 0.2) is 0 Å². The maximum atomic E-state index is 10.9. The first-order chi connectivity index (χ1) is 8.65. The van der Waals surface area contributed by atoms with Gasteiger partial charge in [0, 0.05) is 12.6 Å². The zero-order valence-electron chi connectivity index (χ0n) is 10.9. The van der Waals surface area contributed by atoms with Crippen molar-refractivity contribution in [1.82, 2.24) is 4.90 Å². The summed E-state index contributed by atoms with van der Waals surface area (Å²) in [6.45, 7) is 3.21. The highest BCUT2D eigenvalue weighted by molar-refractivity contribution is 5.69. The fourth-order valence-corrected chi connectivity index (χ4v) is 2.29. The Morgan fingerprint density at radius 1 is 1.39 bits per heavy atom. The number of rotatable bonds is 7. The third-order valence-corrected chi connectivity index (χ3v) is 3.53. The van der Waals surface area contributed by atoms with E-state index in [4.69, 9.17) is 5.11 Å². The first-order valence-electron chi connectivity index (χ1n) is 6.65. The first kappa shape index (κ1) is 13.1. The molecule has 2 rings (SSSR count). The molecule has 0 amide bonds. The van der Waals surface area contributed by atoms with Crippen molar-refractivity contribution < 1.29 is 9.90 Å². The summed E-state index contributed by atoms with van der Waals surface area (Å²) >= 11 is 0. The molecule has 1 unspecified atom stereocenters. The van der Waals surface area contributed by atoms with Gasteiger partial charge in [-0.3, -0.25) is 9.69 Å². The Balaban J connectivity index is 1.93. The van der Waals surface area contributed by atoms with Crippen molar-refractivity contribution >= 4 is 5.97 Å². The molecule has 0 saturated heterocycles. The van der Waals surface area contributed by atoms with Crippen LogP contribution in [0.2, 0.25) is 0 Å². The zero-order chi connectivity index (χ0) is 13.0. The summed E-state index contributed by atoms with van der Waals surface area (Å²) < 4.78 is 0. The molecule has 1 aromatic rings.